The molecule has 3 heterocycles. The topological polar surface area (TPSA) is 72.6 Å². The van der Waals surface area contributed by atoms with Crippen LogP contribution in [0.5, 0.6) is 0 Å². The Hall–Kier alpha value is -2.39. The van der Waals surface area contributed by atoms with E-state index in [0.29, 0.717) is 29.8 Å². The average molecular weight is 371 g/mol. The molecule has 0 aliphatic carbocycles. The molecule has 1 atom stereocenters. The zero-order valence-corrected chi connectivity index (χ0v) is 14.7. The second-order valence-electron chi connectivity index (χ2n) is 6.69. The second-order valence-corrected chi connectivity index (χ2v) is 6.69. The number of hydrogen-bond donors (Lipinski definition) is 0. The van der Waals surface area contributed by atoms with Gasteiger partial charge < -0.3 is 9.64 Å². The molecule has 7 nitrogen and oxygen atoms in total. The molecule has 0 aromatic carbocycles. The van der Waals surface area contributed by atoms with Gasteiger partial charge in [-0.2, -0.15) is 17.7 Å². The first kappa shape index (κ1) is 18.4. The van der Waals surface area contributed by atoms with Gasteiger partial charge >= 0.3 is 12.1 Å². The fraction of sp³-hybridized carbons (Fsp3) is 0.625. The third-order valence-corrected chi connectivity index (χ3v) is 4.91. The summed E-state index contributed by atoms with van der Waals surface area (Å²) in [6.45, 7) is 6.76. The van der Waals surface area contributed by atoms with Crippen LogP contribution in [0.3, 0.4) is 0 Å². The molecular weight excluding hydrogens is 351 g/mol. The number of halogens is 3. The van der Waals surface area contributed by atoms with Crippen molar-refractivity contribution in [2.24, 2.45) is 11.3 Å². The number of ether oxygens (including phenoxy) is 1. The molecule has 1 saturated heterocycles. The molecule has 26 heavy (non-hydrogen) atoms. The first-order chi connectivity index (χ1) is 12.2. The van der Waals surface area contributed by atoms with Crippen LogP contribution in [0.2, 0.25) is 0 Å². The first-order valence-electron chi connectivity index (χ1n) is 8.41. The molecule has 0 N–H and O–H groups in total. The van der Waals surface area contributed by atoms with E-state index in [0.717, 1.165) is 0 Å². The van der Waals surface area contributed by atoms with Crippen LogP contribution >= 0.6 is 0 Å². The highest BCUT2D eigenvalue weighted by Crippen LogP contribution is 2.40. The molecule has 2 aromatic rings. The van der Waals surface area contributed by atoms with Gasteiger partial charge in [0.25, 0.3) is 5.82 Å². The average Bonchev–Trinajstić information content (AvgIpc) is 3.19. The number of aromatic nitrogens is 4. The van der Waals surface area contributed by atoms with E-state index in [1.165, 1.54) is 6.07 Å². The van der Waals surface area contributed by atoms with Crippen LogP contribution in [-0.2, 0) is 15.7 Å². The Labute approximate surface area is 148 Å². The van der Waals surface area contributed by atoms with Gasteiger partial charge in [-0.05, 0) is 31.4 Å². The molecule has 2 aromatic heterocycles. The Morgan fingerprint density at radius 1 is 1.35 bits per heavy atom. The van der Waals surface area contributed by atoms with E-state index in [1.54, 1.807) is 17.9 Å². The summed E-state index contributed by atoms with van der Waals surface area (Å²) in [6, 6.07) is 3.02. The van der Waals surface area contributed by atoms with Crippen molar-refractivity contribution in [3.05, 3.63) is 18.0 Å². The largest absolute Gasteiger partial charge is 0.466 e. The summed E-state index contributed by atoms with van der Waals surface area (Å²) in [6.07, 6.45) is -4.10. The smallest absolute Gasteiger partial charge is 0.453 e. The van der Waals surface area contributed by atoms with Crippen molar-refractivity contribution in [2.45, 2.75) is 33.4 Å². The van der Waals surface area contributed by atoms with Gasteiger partial charge in [-0.15, -0.1) is 15.3 Å². The van der Waals surface area contributed by atoms with Crippen molar-refractivity contribution in [1.82, 2.24) is 19.8 Å². The third-order valence-electron chi connectivity index (χ3n) is 4.91. The van der Waals surface area contributed by atoms with Gasteiger partial charge in [0.2, 0.25) is 0 Å². The number of carbonyl (C=O) groups excluding carboxylic acids is 1. The van der Waals surface area contributed by atoms with Crippen LogP contribution in [0.1, 0.15) is 33.0 Å². The number of hydrogen-bond acceptors (Lipinski definition) is 6. The highest BCUT2D eigenvalue weighted by atomic mass is 19.4. The molecule has 1 unspecified atom stereocenters. The van der Waals surface area contributed by atoms with Gasteiger partial charge in [-0.3, -0.25) is 4.79 Å². The third kappa shape index (κ3) is 2.97. The molecule has 0 saturated carbocycles. The standard InChI is InChI=1S/C16H20F3N5O2/c1-4-26-14(25)15(10(2)3)7-8-23(9-15)12-6-5-11-20-21-13(16(17,18)19)24(11)22-12/h5-6,10H,4,7-9H2,1-3H3. The van der Waals surface area contributed by atoms with Crippen LogP contribution in [0, 0.1) is 11.3 Å². The Kier molecular flexibility index (Phi) is 4.53. The van der Waals surface area contributed by atoms with Gasteiger partial charge in [-0.1, -0.05) is 13.8 Å². The van der Waals surface area contributed by atoms with Crippen molar-refractivity contribution >= 4 is 17.4 Å². The predicted octanol–water partition coefficient (Wildman–Crippen LogP) is 2.56. The summed E-state index contributed by atoms with van der Waals surface area (Å²) >= 11 is 0. The van der Waals surface area contributed by atoms with E-state index < -0.39 is 17.4 Å². The fourth-order valence-corrected chi connectivity index (χ4v) is 3.30. The van der Waals surface area contributed by atoms with Gasteiger partial charge in [-0.25, -0.2) is 0 Å². The molecule has 142 valence electrons. The van der Waals surface area contributed by atoms with Crippen molar-refractivity contribution in [3.8, 4) is 0 Å². The fourth-order valence-electron chi connectivity index (χ4n) is 3.30. The molecule has 3 rings (SSSR count). The molecule has 0 amide bonds. The monoisotopic (exact) mass is 371 g/mol. The molecule has 0 spiro atoms. The summed E-state index contributed by atoms with van der Waals surface area (Å²) in [5.41, 5.74) is -0.687. The Bertz CT molecular complexity index is 820. The maximum absolute atomic E-state index is 13.0. The van der Waals surface area contributed by atoms with E-state index in [-0.39, 0.29) is 24.1 Å². The summed E-state index contributed by atoms with van der Waals surface area (Å²) in [4.78, 5) is 14.3. The van der Waals surface area contributed by atoms with Crippen LogP contribution in [0.15, 0.2) is 12.1 Å². The van der Waals surface area contributed by atoms with E-state index in [9.17, 15) is 18.0 Å². The minimum absolute atomic E-state index is 0.0146. The summed E-state index contributed by atoms with van der Waals surface area (Å²) in [5.74, 6) is -1.08. The van der Waals surface area contributed by atoms with Gasteiger partial charge in [0.1, 0.15) is 5.82 Å². The maximum Gasteiger partial charge on any atom is 0.453 e. The summed E-state index contributed by atoms with van der Waals surface area (Å²) in [7, 11) is 0. The van der Waals surface area contributed by atoms with Gasteiger partial charge in [0, 0.05) is 13.1 Å². The minimum atomic E-state index is -4.65. The Morgan fingerprint density at radius 2 is 2.08 bits per heavy atom. The molecule has 0 radical (unpaired) electrons. The zero-order chi connectivity index (χ0) is 19.1. The lowest BCUT2D eigenvalue weighted by Crippen LogP contribution is -2.41. The Balaban J connectivity index is 1.94. The number of esters is 1. The quantitative estimate of drug-likeness (QED) is 0.769. The molecule has 10 heteroatoms. The molecule has 0 bridgehead atoms. The second kappa shape index (κ2) is 6.40. The van der Waals surface area contributed by atoms with Crippen LogP contribution in [0.4, 0.5) is 19.0 Å². The van der Waals surface area contributed by atoms with Crippen molar-refractivity contribution in [3.63, 3.8) is 0 Å². The number of anilines is 1. The highest BCUT2D eigenvalue weighted by molar-refractivity contribution is 5.79. The number of alkyl halides is 3. The van der Waals surface area contributed by atoms with Gasteiger partial charge in [0.05, 0.1) is 12.0 Å². The lowest BCUT2D eigenvalue weighted by atomic mass is 9.76. The van der Waals surface area contributed by atoms with E-state index in [4.69, 9.17) is 4.74 Å². The minimum Gasteiger partial charge on any atom is -0.466 e. The van der Waals surface area contributed by atoms with Crippen molar-refractivity contribution in [2.75, 3.05) is 24.6 Å². The number of fused-ring (bicyclic) bond motifs is 1. The van der Waals surface area contributed by atoms with Crippen LogP contribution < -0.4 is 4.90 Å². The van der Waals surface area contributed by atoms with Crippen LogP contribution in [-0.4, -0.2) is 45.5 Å². The number of nitrogens with zero attached hydrogens (tertiary/aromatic N) is 5. The molecular formula is C16H20F3N5O2. The normalized spacial score (nSPS) is 21.0. The number of rotatable bonds is 4. The van der Waals surface area contributed by atoms with Crippen molar-refractivity contribution in [1.29, 1.82) is 0 Å². The van der Waals surface area contributed by atoms with Gasteiger partial charge in [0.15, 0.2) is 5.65 Å². The van der Waals surface area contributed by atoms with Crippen molar-refractivity contribution < 1.29 is 22.7 Å². The lowest BCUT2D eigenvalue weighted by molar-refractivity contribution is -0.156. The highest BCUT2D eigenvalue weighted by Gasteiger charge is 2.48. The summed E-state index contributed by atoms with van der Waals surface area (Å²) < 4.78 is 45.1. The predicted molar refractivity (Wildman–Crippen MR) is 86.5 cm³/mol. The summed E-state index contributed by atoms with van der Waals surface area (Å²) in [5, 5.41) is 10.7. The molecule has 1 fully saturated rings. The lowest BCUT2D eigenvalue weighted by Gasteiger charge is -2.31. The first-order valence-corrected chi connectivity index (χ1v) is 8.41. The number of carbonyl (C=O) groups is 1. The SMILES string of the molecule is CCOC(=O)C1(C(C)C)CCN(c2ccc3nnc(C(F)(F)F)n3n2)C1. The van der Waals surface area contributed by atoms with E-state index in [1.807, 2.05) is 13.8 Å². The maximum atomic E-state index is 13.0. The van der Waals surface area contributed by atoms with E-state index in [2.05, 4.69) is 15.3 Å². The molecule has 1 aliphatic heterocycles. The Morgan fingerprint density at radius 3 is 2.69 bits per heavy atom. The van der Waals surface area contributed by atoms with Crippen LogP contribution in [0.25, 0.3) is 5.65 Å². The zero-order valence-electron chi connectivity index (χ0n) is 14.7. The van der Waals surface area contributed by atoms with E-state index >= 15 is 0 Å². The molecule has 1 aliphatic rings.